The van der Waals surface area contributed by atoms with Crippen molar-refractivity contribution in [3.63, 3.8) is 0 Å². The van der Waals surface area contributed by atoms with Crippen LogP contribution in [-0.4, -0.2) is 23.5 Å². The molecule has 15 heavy (non-hydrogen) atoms. The topological polar surface area (TPSA) is 44.8 Å². The zero-order valence-corrected chi connectivity index (χ0v) is 10.7. The maximum atomic E-state index is 10.7. The first kappa shape index (κ1) is 11.3. The Labute approximate surface area is 104 Å². The van der Waals surface area contributed by atoms with Crippen LogP contribution in [0.3, 0.4) is 0 Å². The largest absolute Gasteiger partial charge is 0.491 e. The van der Waals surface area contributed by atoms with Gasteiger partial charge in [-0.15, -0.1) is 0 Å². The molecule has 0 bridgehead atoms. The quantitative estimate of drug-likeness (QED) is 0.786. The van der Waals surface area contributed by atoms with Crippen LogP contribution in [0.5, 0.6) is 5.75 Å². The molecule has 0 N–H and O–H groups in total. The lowest BCUT2D eigenvalue weighted by molar-refractivity contribution is 0.151. The van der Waals surface area contributed by atoms with E-state index in [4.69, 9.17) is 13.1 Å². The number of ether oxygens (including phenoxy) is 1. The van der Waals surface area contributed by atoms with Crippen LogP contribution in [0, 0.1) is 3.57 Å². The standard InChI is InChI=1S/C9H9IO4S/c10-7-1-3-8(4-2-7)12-5-9-6-13-15(11)14-9/h1-4,9H,5-6H2. The van der Waals surface area contributed by atoms with Crippen LogP contribution in [0.2, 0.25) is 0 Å². The summed E-state index contributed by atoms with van der Waals surface area (Å²) in [6.45, 7) is 0.670. The molecule has 1 heterocycles. The van der Waals surface area contributed by atoms with Crippen molar-refractivity contribution in [3.8, 4) is 5.75 Å². The highest BCUT2D eigenvalue weighted by Crippen LogP contribution is 2.15. The molecule has 0 aromatic heterocycles. The molecular formula is C9H9IO4S. The number of halogens is 1. The molecule has 0 radical (unpaired) electrons. The van der Waals surface area contributed by atoms with Crippen LogP contribution in [0.4, 0.5) is 0 Å². The van der Waals surface area contributed by atoms with E-state index in [1.54, 1.807) is 0 Å². The van der Waals surface area contributed by atoms with Gasteiger partial charge in [-0.1, -0.05) is 0 Å². The van der Waals surface area contributed by atoms with Gasteiger partial charge in [-0.25, -0.2) is 0 Å². The first-order valence-corrected chi connectivity index (χ1v) is 6.42. The van der Waals surface area contributed by atoms with Gasteiger partial charge in [0, 0.05) is 3.57 Å². The Kier molecular flexibility index (Phi) is 3.95. The lowest BCUT2D eigenvalue weighted by Gasteiger charge is -2.08. The summed E-state index contributed by atoms with van der Waals surface area (Å²) in [6, 6.07) is 7.68. The van der Waals surface area contributed by atoms with Crippen LogP contribution in [0.1, 0.15) is 0 Å². The van der Waals surface area contributed by atoms with Crippen molar-refractivity contribution in [1.29, 1.82) is 0 Å². The summed E-state index contributed by atoms with van der Waals surface area (Å²) in [6.07, 6.45) is -0.245. The predicted octanol–water partition coefficient (Wildman–Crippen LogP) is 1.66. The van der Waals surface area contributed by atoms with E-state index in [1.807, 2.05) is 24.3 Å². The molecule has 0 saturated carbocycles. The first-order valence-electron chi connectivity index (χ1n) is 4.34. The zero-order chi connectivity index (χ0) is 10.7. The van der Waals surface area contributed by atoms with Crippen molar-refractivity contribution < 1.29 is 17.3 Å². The molecule has 0 spiro atoms. The molecule has 1 aliphatic rings. The molecule has 0 amide bonds. The molecule has 82 valence electrons. The summed E-state index contributed by atoms with van der Waals surface area (Å²) in [5, 5.41) is 0. The summed E-state index contributed by atoms with van der Waals surface area (Å²) >= 11 is 0.630. The highest BCUT2D eigenvalue weighted by atomic mass is 127. The van der Waals surface area contributed by atoms with Gasteiger partial charge in [-0.3, -0.25) is 8.37 Å². The molecule has 6 heteroatoms. The molecule has 1 aromatic rings. The third kappa shape index (κ3) is 3.40. The van der Waals surface area contributed by atoms with E-state index < -0.39 is 11.4 Å². The minimum absolute atomic E-state index is 0.245. The third-order valence-electron chi connectivity index (χ3n) is 1.81. The Balaban J connectivity index is 1.83. The van der Waals surface area contributed by atoms with Gasteiger partial charge in [0.05, 0.1) is 6.61 Å². The van der Waals surface area contributed by atoms with Gasteiger partial charge in [-0.05, 0) is 46.9 Å². The average Bonchev–Trinajstić information content (AvgIpc) is 2.64. The van der Waals surface area contributed by atoms with Crippen molar-refractivity contribution in [2.75, 3.05) is 13.2 Å². The fraction of sp³-hybridized carbons (Fsp3) is 0.333. The third-order valence-corrected chi connectivity index (χ3v) is 3.29. The molecule has 1 saturated heterocycles. The Morgan fingerprint density at radius 3 is 2.80 bits per heavy atom. The Morgan fingerprint density at radius 1 is 1.47 bits per heavy atom. The monoisotopic (exact) mass is 340 g/mol. The second-order valence-corrected chi connectivity index (χ2v) is 5.05. The van der Waals surface area contributed by atoms with E-state index in [0.29, 0.717) is 13.2 Å². The van der Waals surface area contributed by atoms with Crippen molar-refractivity contribution >= 4 is 34.0 Å². The minimum atomic E-state index is -1.60. The Hall–Kier alpha value is -0.180. The molecule has 0 aliphatic carbocycles. The van der Waals surface area contributed by atoms with Gasteiger partial charge in [0.15, 0.2) is 0 Å². The van der Waals surface area contributed by atoms with Crippen LogP contribution in [0.25, 0.3) is 0 Å². The molecule has 1 aliphatic heterocycles. The lowest BCUT2D eigenvalue weighted by Crippen LogP contribution is -2.19. The number of benzene rings is 1. The van der Waals surface area contributed by atoms with Crippen molar-refractivity contribution in [2.24, 2.45) is 0 Å². The Morgan fingerprint density at radius 2 is 2.20 bits per heavy atom. The van der Waals surface area contributed by atoms with E-state index >= 15 is 0 Å². The minimum Gasteiger partial charge on any atom is -0.491 e. The van der Waals surface area contributed by atoms with E-state index in [2.05, 4.69) is 22.6 Å². The number of hydrogen-bond acceptors (Lipinski definition) is 4. The summed E-state index contributed by atoms with van der Waals surface area (Å²) in [5.41, 5.74) is 0. The highest BCUT2D eigenvalue weighted by molar-refractivity contribution is 14.1. The molecule has 1 aromatic carbocycles. The number of hydrogen-bond donors (Lipinski definition) is 0. The van der Waals surface area contributed by atoms with Crippen LogP contribution in [-0.2, 0) is 19.7 Å². The van der Waals surface area contributed by atoms with Crippen LogP contribution >= 0.6 is 22.6 Å². The second-order valence-electron chi connectivity index (χ2n) is 2.97. The van der Waals surface area contributed by atoms with Gasteiger partial charge < -0.3 is 4.74 Å². The molecular weight excluding hydrogens is 331 g/mol. The first-order chi connectivity index (χ1) is 7.24. The van der Waals surface area contributed by atoms with E-state index in [1.165, 1.54) is 0 Å². The molecule has 1 fully saturated rings. The van der Waals surface area contributed by atoms with Crippen molar-refractivity contribution in [1.82, 2.24) is 0 Å². The van der Waals surface area contributed by atoms with Crippen LogP contribution < -0.4 is 4.74 Å². The smallest absolute Gasteiger partial charge is 0.305 e. The van der Waals surface area contributed by atoms with Crippen LogP contribution in [0.15, 0.2) is 24.3 Å². The SMILES string of the molecule is O=S1OCC(COc2ccc(I)cc2)O1. The summed E-state index contributed by atoms with van der Waals surface area (Å²) in [5.74, 6) is 0.775. The highest BCUT2D eigenvalue weighted by Gasteiger charge is 2.23. The average molecular weight is 340 g/mol. The molecule has 2 unspecified atom stereocenters. The normalized spacial score (nSPS) is 25.4. The van der Waals surface area contributed by atoms with E-state index in [0.717, 1.165) is 9.32 Å². The fourth-order valence-corrected chi connectivity index (χ4v) is 2.11. The van der Waals surface area contributed by atoms with Crippen molar-refractivity contribution in [2.45, 2.75) is 6.10 Å². The molecule has 2 rings (SSSR count). The molecule has 4 nitrogen and oxygen atoms in total. The second kappa shape index (κ2) is 5.24. The van der Waals surface area contributed by atoms with Gasteiger partial charge in [0.2, 0.25) is 0 Å². The van der Waals surface area contributed by atoms with Gasteiger partial charge in [0.25, 0.3) is 0 Å². The van der Waals surface area contributed by atoms with Gasteiger partial charge in [-0.2, -0.15) is 4.21 Å². The zero-order valence-electron chi connectivity index (χ0n) is 7.72. The summed E-state index contributed by atoms with van der Waals surface area (Å²) < 4.78 is 27.0. The lowest BCUT2D eigenvalue weighted by atomic mass is 10.3. The summed E-state index contributed by atoms with van der Waals surface area (Å²) in [4.78, 5) is 0. The van der Waals surface area contributed by atoms with E-state index in [-0.39, 0.29) is 6.10 Å². The maximum Gasteiger partial charge on any atom is 0.305 e. The maximum absolute atomic E-state index is 10.7. The fourth-order valence-electron chi connectivity index (χ4n) is 1.09. The summed E-state index contributed by atoms with van der Waals surface area (Å²) in [7, 11) is 0. The predicted molar refractivity (Wildman–Crippen MR) is 63.6 cm³/mol. The Bertz CT molecular complexity index is 354. The van der Waals surface area contributed by atoms with Gasteiger partial charge in [0.1, 0.15) is 18.5 Å². The number of rotatable bonds is 3. The van der Waals surface area contributed by atoms with Gasteiger partial charge >= 0.3 is 11.4 Å². The van der Waals surface area contributed by atoms with Crippen molar-refractivity contribution in [3.05, 3.63) is 27.8 Å². The molecule has 2 atom stereocenters. The van der Waals surface area contributed by atoms with E-state index in [9.17, 15) is 4.21 Å².